The smallest absolute Gasteiger partial charge is 0.338 e. The highest BCUT2D eigenvalue weighted by molar-refractivity contribution is 5.87. The molecule has 1 aromatic heterocycles. The summed E-state index contributed by atoms with van der Waals surface area (Å²) < 4.78 is 27.2. The van der Waals surface area contributed by atoms with E-state index >= 15 is 0 Å². The second-order valence-corrected chi connectivity index (χ2v) is 4.56. The van der Waals surface area contributed by atoms with E-state index < -0.39 is 30.4 Å². The summed E-state index contributed by atoms with van der Waals surface area (Å²) in [6.45, 7) is 0.907. The third-order valence-corrected chi connectivity index (χ3v) is 3.08. The van der Waals surface area contributed by atoms with Crippen molar-refractivity contribution in [2.75, 3.05) is 13.1 Å². The first-order valence-corrected chi connectivity index (χ1v) is 5.74. The number of carboxylic acid groups (broad SMARTS) is 1. The van der Waals surface area contributed by atoms with Gasteiger partial charge in [-0.3, -0.25) is 9.48 Å². The highest BCUT2D eigenvalue weighted by atomic mass is 19.3. The molecule has 19 heavy (non-hydrogen) atoms. The molecule has 0 saturated carbocycles. The van der Waals surface area contributed by atoms with Crippen molar-refractivity contribution in [3.05, 3.63) is 18.0 Å². The molecule has 1 aromatic rings. The van der Waals surface area contributed by atoms with E-state index in [9.17, 15) is 18.4 Å². The second-order valence-electron chi connectivity index (χ2n) is 4.56. The first kappa shape index (κ1) is 13.4. The minimum atomic E-state index is -2.84. The van der Waals surface area contributed by atoms with E-state index in [0.29, 0.717) is 0 Å². The number of halogens is 2. The lowest BCUT2D eigenvalue weighted by Gasteiger charge is -2.20. The van der Waals surface area contributed by atoms with E-state index in [4.69, 9.17) is 5.11 Å². The summed E-state index contributed by atoms with van der Waals surface area (Å²) in [5, 5.41) is 12.5. The average molecular weight is 273 g/mol. The van der Waals surface area contributed by atoms with E-state index in [1.54, 1.807) is 0 Å². The van der Waals surface area contributed by atoms with Crippen LogP contribution in [0.3, 0.4) is 0 Å². The number of hydrogen-bond donors (Lipinski definition) is 1. The number of alkyl halides is 2. The van der Waals surface area contributed by atoms with E-state index in [2.05, 4.69) is 5.10 Å². The lowest BCUT2D eigenvalue weighted by molar-refractivity contribution is -0.135. The van der Waals surface area contributed by atoms with Crippen LogP contribution in [0.4, 0.5) is 8.78 Å². The highest BCUT2D eigenvalue weighted by Gasteiger charge is 2.41. The Morgan fingerprint density at radius 3 is 2.68 bits per heavy atom. The van der Waals surface area contributed by atoms with Crippen molar-refractivity contribution in [2.45, 2.75) is 25.3 Å². The van der Waals surface area contributed by atoms with Crippen LogP contribution in [0, 0.1) is 0 Å². The van der Waals surface area contributed by atoms with E-state index in [1.165, 1.54) is 17.8 Å². The first-order valence-electron chi connectivity index (χ1n) is 5.74. The third-order valence-electron chi connectivity index (χ3n) is 3.08. The van der Waals surface area contributed by atoms with Gasteiger partial charge in [0.15, 0.2) is 0 Å². The number of carboxylic acids is 1. The molecule has 1 unspecified atom stereocenters. The van der Waals surface area contributed by atoms with Gasteiger partial charge in [-0.25, -0.2) is 13.6 Å². The predicted octanol–water partition coefficient (Wildman–Crippen LogP) is 1.01. The Morgan fingerprint density at radius 2 is 2.21 bits per heavy atom. The summed E-state index contributed by atoms with van der Waals surface area (Å²) in [7, 11) is 0. The molecule has 0 aliphatic carbocycles. The lowest BCUT2D eigenvalue weighted by Crippen LogP contribution is -2.36. The zero-order valence-corrected chi connectivity index (χ0v) is 10.2. The molecule has 0 spiro atoms. The van der Waals surface area contributed by atoms with Crippen LogP contribution in [0.15, 0.2) is 12.4 Å². The zero-order valence-electron chi connectivity index (χ0n) is 10.2. The second kappa shape index (κ2) is 4.60. The molecule has 2 heterocycles. The summed E-state index contributed by atoms with van der Waals surface area (Å²) in [5.41, 5.74) is -0.0496. The van der Waals surface area contributed by atoms with Gasteiger partial charge in [0.25, 0.3) is 5.92 Å². The number of carbonyl (C=O) groups excluding carboxylic acids is 1. The monoisotopic (exact) mass is 273 g/mol. The summed E-state index contributed by atoms with van der Waals surface area (Å²) in [6.07, 6.45) is 1.98. The van der Waals surface area contributed by atoms with Crippen molar-refractivity contribution in [2.24, 2.45) is 0 Å². The quantitative estimate of drug-likeness (QED) is 0.891. The topological polar surface area (TPSA) is 75.4 Å². The van der Waals surface area contributed by atoms with Crippen LogP contribution in [-0.2, 0) is 4.79 Å². The highest BCUT2D eigenvalue weighted by Crippen LogP contribution is 2.28. The van der Waals surface area contributed by atoms with E-state index in [-0.39, 0.29) is 18.5 Å². The van der Waals surface area contributed by atoms with E-state index in [1.807, 2.05) is 0 Å². The molecular formula is C11H13F2N3O3. The molecule has 0 bridgehead atoms. The van der Waals surface area contributed by atoms with Crippen LogP contribution in [0.25, 0.3) is 0 Å². The number of rotatable bonds is 3. The zero-order chi connectivity index (χ0) is 14.2. The Labute approximate surface area is 107 Å². The van der Waals surface area contributed by atoms with Crippen molar-refractivity contribution in [3.63, 3.8) is 0 Å². The average Bonchev–Trinajstić information content (AvgIpc) is 2.93. The fourth-order valence-electron chi connectivity index (χ4n) is 1.96. The van der Waals surface area contributed by atoms with Crippen LogP contribution in [0.1, 0.15) is 29.7 Å². The molecule has 1 saturated heterocycles. The molecule has 1 aliphatic heterocycles. The van der Waals surface area contributed by atoms with Gasteiger partial charge in [-0.2, -0.15) is 5.10 Å². The molecule has 1 amide bonds. The first-order chi connectivity index (χ1) is 8.80. The summed E-state index contributed by atoms with van der Waals surface area (Å²) >= 11 is 0. The number of hydrogen-bond acceptors (Lipinski definition) is 3. The lowest BCUT2D eigenvalue weighted by atomic mass is 10.3. The molecule has 8 heteroatoms. The molecule has 1 N–H and O–H groups in total. The molecule has 104 valence electrons. The van der Waals surface area contributed by atoms with Crippen LogP contribution < -0.4 is 0 Å². The Hall–Kier alpha value is -1.99. The minimum absolute atomic E-state index is 0.00320. The number of aromatic carboxylic acids is 1. The van der Waals surface area contributed by atoms with E-state index in [0.717, 1.165) is 11.1 Å². The van der Waals surface area contributed by atoms with Gasteiger partial charge in [0.2, 0.25) is 5.91 Å². The Balaban J connectivity index is 2.08. The summed E-state index contributed by atoms with van der Waals surface area (Å²) in [4.78, 5) is 23.8. The standard InChI is InChI=1S/C11H13F2N3O3/c1-7(16-5-8(4-14-16)10(18)19)9(17)15-3-2-11(12,13)6-15/h4-5,7H,2-3,6H2,1H3,(H,18,19). The third kappa shape index (κ3) is 2.72. The van der Waals surface area contributed by atoms with Crippen LogP contribution in [0.2, 0.25) is 0 Å². The minimum Gasteiger partial charge on any atom is -0.478 e. The van der Waals surface area contributed by atoms with Crippen molar-refractivity contribution in [3.8, 4) is 0 Å². The number of amides is 1. The fraction of sp³-hybridized carbons (Fsp3) is 0.545. The normalized spacial score (nSPS) is 19.4. The molecule has 6 nitrogen and oxygen atoms in total. The summed E-state index contributed by atoms with van der Waals surface area (Å²) in [6, 6.07) is -0.804. The van der Waals surface area contributed by atoms with Gasteiger partial charge >= 0.3 is 5.97 Å². The maximum Gasteiger partial charge on any atom is 0.338 e. The van der Waals surface area contributed by atoms with Crippen LogP contribution in [0.5, 0.6) is 0 Å². The van der Waals surface area contributed by atoms with Crippen LogP contribution >= 0.6 is 0 Å². The van der Waals surface area contributed by atoms with Gasteiger partial charge < -0.3 is 10.0 Å². The number of aromatic nitrogens is 2. The largest absolute Gasteiger partial charge is 0.478 e. The molecule has 1 aliphatic rings. The molecule has 0 aromatic carbocycles. The Morgan fingerprint density at radius 1 is 1.53 bits per heavy atom. The maximum atomic E-state index is 13.0. The number of likely N-dealkylation sites (tertiary alicyclic amines) is 1. The van der Waals surface area contributed by atoms with Gasteiger partial charge in [0, 0.05) is 19.2 Å². The van der Waals surface area contributed by atoms with Crippen molar-refractivity contribution in [1.29, 1.82) is 0 Å². The number of nitrogens with zero attached hydrogens (tertiary/aromatic N) is 3. The van der Waals surface area contributed by atoms with Gasteiger partial charge in [-0.05, 0) is 6.92 Å². The van der Waals surface area contributed by atoms with Gasteiger partial charge in [-0.1, -0.05) is 0 Å². The predicted molar refractivity (Wildman–Crippen MR) is 60.0 cm³/mol. The molecule has 0 radical (unpaired) electrons. The molecule has 2 rings (SSSR count). The van der Waals surface area contributed by atoms with Crippen molar-refractivity contribution < 1.29 is 23.5 Å². The molecule has 1 fully saturated rings. The van der Waals surface area contributed by atoms with Gasteiger partial charge in [-0.15, -0.1) is 0 Å². The summed E-state index contributed by atoms with van der Waals surface area (Å²) in [5.74, 6) is -4.48. The number of carbonyl (C=O) groups is 2. The SMILES string of the molecule is CC(C(=O)N1CCC(F)(F)C1)n1cc(C(=O)O)cn1. The van der Waals surface area contributed by atoms with Gasteiger partial charge in [0.05, 0.1) is 18.3 Å². The van der Waals surface area contributed by atoms with Gasteiger partial charge in [0.1, 0.15) is 6.04 Å². The maximum absolute atomic E-state index is 13.0. The fourth-order valence-corrected chi connectivity index (χ4v) is 1.96. The van der Waals surface area contributed by atoms with Crippen LogP contribution in [-0.4, -0.2) is 50.7 Å². The Bertz CT molecular complexity index is 515. The molecular weight excluding hydrogens is 260 g/mol. The van der Waals surface area contributed by atoms with Crippen molar-refractivity contribution in [1.82, 2.24) is 14.7 Å². The molecule has 1 atom stereocenters. The van der Waals surface area contributed by atoms with Crippen molar-refractivity contribution >= 4 is 11.9 Å². The Kier molecular flexibility index (Phi) is 3.25.